The Morgan fingerprint density at radius 3 is 3.04 bits per heavy atom. The monoisotopic (exact) mass is 336 g/mol. The van der Waals surface area contributed by atoms with Crippen LogP contribution >= 0.6 is 0 Å². The van der Waals surface area contributed by atoms with E-state index in [2.05, 4.69) is 10.6 Å². The molecule has 1 aliphatic carbocycles. The third-order valence-electron chi connectivity index (χ3n) is 5.67. The molecular formula is C19H26F2N2O. The highest BCUT2D eigenvalue weighted by molar-refractivity contribution is 5.50. The van der Waals surface area contributed by atoms with Crippen molar-refractivity contribution in [1.82, 2.24) is 10.6 Å². The number of benzene rings is 1. The number of aliphatic hydroxyl groups excluding tert-OH is 1. The first-order valence-electron chi connectivity index (χ1n) is 8.79. The van der Waals surface area contributed by atoms with E-state index in [0.717, 1.165) is 50.9 Å². The minimum Gasteiger partial charge on any atom is -0.396 e. The highest BCUT2D eigenvalue weighted by atomic mass is 19.1. The molecule has 0 bridgehead atoms. The molecule has 2 aliphatic rings. The second kappa shape index (κ2) is 7.72. The van der Waals surface area contributed by atoms with Crippen LogP contribution in [0.2, 0.25) is 0 Å². The molecule has 0 amide bonds. The van der Waals surface area contributed by atoms with E-state index >= 15 is 0 Å². The summed E-state index contributed by atoms with van der Waals surface area (Å²) in [6.45, 7) is 2.84. The lowest BCUT2D eigenvalue weighted by Gasteiger charge is -2.49. The quantitative estimate of drug-likeness (QED) is 0.775. The van der Waals surface area contributed by atoms with E-state index in [-0.39, 0.29) is 17.6 Å². The van der Waals surface area contributed by atoms with E-state index in [1.54, 1.807) is 6.08 Å². The van der Waals surface area contributed by atoms with Gasteiger partial charge in [0.15, 0.2) is 0 Å². The van der Waals surface area contributed by atoms with Crippen LogP contribution in [0.15, 0.2) is 24.3 Å². The zero-order valence-electron chi connectivity index (χ0n) is 13.9. The minimum atomic E-state index is -0.428. The van der Waals surface area contributed by atoms with Gasteiger partial charge in [0.1, 0.15) is 11.6 Å². The van der Waals surface area contributed by atoms with E-state index in [4.69, 9.17) is 0 Å². The van der Waals surface area contributed by atoms with E-state index in [1.807, 2.05) is 6.08 Å². The van der Waals surface area contributed by atoms with Gasteiger partial charge in [0.2, 0.25) is 0 Å². The number of rotatable bonds is 5. The third kappa shape index (κ3) is 3.85. The SMILES string of the molecule is OC[C@]12CCC(NC/C=C/c3cc(F)ccc3F)CC1CCNC2. The molecule has 1 saturated heterocycles. The van der Waals surface area contributed by atoms with E-state index in [1.165, 1.54) is 6.07 Å². The number of aliphatic hydroxyl groups is 1. The van der Waals surface area contributed by atoms with Crippen LogP contribution in [0.3, 0.4) is 0 Å². The molecule has 132 valence electrons. The first-order valence-corrected chi connectivity index (χ1v) is 8.79. The van der Waals surface area contributed by atoms with Crippen molar-refractivity contribution in [3.05, 3.63) is 41.5 Å². The summed E-state index contributed by atoms with van der Waals surface area (Å²) in [5.74, 6) is -0.282. The molecule has 5 heteroatoms. The van der Waals surface area contributed by atoms with Crippen molar-refractivity contribution in [3.8, 4) is 0 Å². The van der Waals surface area contributed by atoms with Crippen molar-refractivity contribution < 1.29 is 13.9 Å². The Labute approximate surface area is 142 Å². The van der Waals surface area contributed by atoms with Crippen LogP contribution in [0.25, 0.3) is 6.08 Å². The number of hydrogen-bond acceptors (Lipinski definition) is 3. The number of piperidine rings is 1. The smallest absolute Gasteiger partial charge is 0.130 e. The molecule has 2 unspecified atom stereocenters. The Hall–Kier alpha value is -1.30. The average molecular weight is 336 g/mol. The van der Waals surface area contributed by atoms with Crippen molar-refractivity contribution in [1.29, 1.82) is 0 Å². The second-order valence-corrected chi connectivity index (χ2v) is 7.13. The molecule has 1 aromatic carbocycles. The van der Waals surface area contributed by atoms with Crippen LogP contribution in [-0.2, 0) is 0 Å². The van der Waals surface area contributed by atoms with Gasteiger partial charge in [0.25, 0.3) is 0 Å². The molecule has 24 heavy (non-hydrogen) atoms. The highest BCUT2D eigenvalue weighted by Gasteiger charge is 2.44. The summed E-state index contributed by atoms with van der Waals surface area (Å²) in [6, 6.07) is 3.90. The van der Waals surface area contributed by atoms with E-state index in [0.29, 0.717) is 18.5 Å². The van der Waals surface area contributed by atoms with Crippen molar-refractivity contribution in [3.63, 3.8) is 0 Å². The van der Waals surface area contributed by atoms with Crippen LogP contribution in [0.4, 0.5) is 8.78 Å². The lowest BCUT2D eigenvalue weighted by molar-refractivity contribution is -0.00723. The molecule has 1 aliphatic heterocycles. The minimum absolute atomic E-state index is 0.0525. The Morgan fingerprint density at radius 2 is 2.21 bits per heavy atom. The maximum absolute atomic E-state index is 13.6. The molecular weight excluding hydrogens is 310 g/mol. The average Bonchev–Trinajstić information content (AvgIpc) is 2.61. The Balaban J connectivity index is 1.51. The van der Waals surface area contributed by atoms with Crippen LogP contribution in [-0.4, -0.2) is 37.4 Å². The summed E-state index contributed by atoms with van der Waals surface area (Å²) in [6.07, 6.45) is 7.72. The zero-order chi connectivity index (χ0) is 17.0. The topological polar surface area (TPSA) is 44.3 Å². The van der Waals surface area contributed by atoms with Gasteiger partial charge in [-0.15, -0.1) is 0 Å². The third-order valence-corrected chi connectivity index (χ3v) is 5.67. The fourth-order valence-corrected chi connectivity index (χ4v) is 4.16. The molecule has 1 heterocycles. The van der Waals surface area contributed by atoms with Crippen LogP contribution < -0.4 is 10.6 Å². The molecule has 1 saturated carbocycles. The maximum atomic E-state index is 13.6. The van der Waals surface area contributed by atoms with Crippen molar-refractivity contribution in [2.75, 3.05) is 26.2 Å². The van der Waals surface area contributed by atoms with Gasteiger partial charge in [-0.25, -0.2) is 8.78 Å². The van der Waals surface area contributed by atoms with Gasteiger partial charge in [-0.05, 0) is 56.3 Å². The van der Waals surface area contributed by atoms with Gasteiger partial charge in [-0.3, -0.25) is 0 Å². The van der Waals surface area contributed by atoms with Gasteiger partial charge >= 0.3 is 0 Å². The Morgan fingerprint density at radius 1 is 1.33 bits per heavy atom. The normalized spacial score (nSPS) is 30.5. The number of nitrogens with one attached hydrogen (secondary N) is 2. The number of halogens is 2. The van der Waals surface area contributed by atoms with Crippen LogP contribution in [0, 0.1) is 23.0 Å². The predicted octanol–water partition coefficient (Wildman–Crippen LogP) is 2.71. The van der Waals surface area contributed by atoms with E-state index in [9.17, 15) is 13.9 Å². The molecule has 0 aromatic heterocycles. The molecule has 2 fully saturated rings. The predicted molar refractivity (Wildman–Crippen MR) is 91.5 cm³/mol. The van der Waals surface area contributed by atoms with Gasteiger partial charge < -0.3 is 15.7 Å². The van der Waals surface area contributed by atoms with Gasteiger partial charge in [0.05, 0.1) is 6.61 Å². The summed E-state index contributed by atoms with van der Waals surface area (Å²) in [5.41, 5.74) is 0.329. The first-order chi connectivity index (χ1) is 11.6. The number of fused-ring (bicyclic) bond motifs is 1. The Bertz CT molecular complexity index is 593. The van der Waals surface area contributed by atoms with Crippen LogP contribution in [0.5, 0.6) is 0 Å². The summed E-state index contributed by atoms with van der Waals surface area (Å²) in [4.78, 5) is 0. The lowest BCUT2D eigenvalue weighted by Crippen LogP contribution is -2.54. The van der Waals surface area contributed by atoms with E-state index < -0.39 is 11.6 Å². The molecule has 3 N–H and O–H groups in total. The zero-order valence-corrected chi connectivity index (χ0v) is 13.9. The largest absolute Gasteiger partial charge is 0.396 e. The fourth-order valence-electron chi connectivity index (χ4n) is 4.16. The molecule has 3 nitrogen and oxygen atoms in total. The van der Waals surface area contributed by atoms with Crippen LogP contribution in [0.1, 0.15) is 31.2 Å². The fraction of sp³-hybridized carbons (Fsp3) is 0.579. The summed E-state index contributed by atoms with van der Waals surface area (Å²) >= 11 is 0. The lowest BCUT2D eigenvalue weighted by atomic mass is 9.62. The first kappa shape index (κ1) is 17.5. The summed E-state index contributed by atoms with van der Waals surface area (Å²) in [7, 11) is 0. The van der Waals surface area contributed by atoms with Gasteiger partial charge in [-0.2, -0.15) is 0 Å². The highest BCUT2D eigenvalue weighted by Crippen LogP contribution is 2.44. The van der Waals surface area contributed by atoms with Crippen molar-refractivity contribution in [2.45, 2.75) is 31.7 Å². The number of hydrogen-bond donors (Lipinski definition) is 3. The summed E-state index contributed by atoms with van der Waals surface area (Å²) < 4.78 is 26.7. The molecule has 3 atom stereocenters. The molecule has 3 rings (SSSR count). The molecule has 0 radical (unpaired) electrons. The second-order valence-electron chi connectivity index (χ2n) is 7.13. The molecule has 0 spiro atoms. The standard InChI is InChI=1S/C19H26F2N2O/c20-16-3-4-18(21)14(10-16)2-1-8-23-17-5-7-19(13-24)12-22-9-6-15(19)11-17/h1-4,10,15,17,22-24H,5-9,11-13H2/b2-1+/t15?,17?,19-/m1/s1. The maximum Gasteiger partial charge on any atom is 0.130 e. The van der Waals surface area contributed by atoms with Gasteiger partial charge in [0, 0.05) is 30.1 Å². The van der Waals surface area contributed by atoms with Crippen molar-refractivity contribution >= 4 is 6.08 Å². The van der Waals surface area contributed by atoms with Crippen molar-refractivity contribution in [2.24, 2.45) is 11.3 Å². The molecule has 1 aromatic rings. The summed E-state index contributed by atoms with van der Waals surface area (Å²) in [5, 5.41) is 16.7. The Kier molecular flexibility index (Phi) is 5.64. The van der Waals surface area contributed by atoms with Gasteiger partial charge in [-0.1, -0.05) is 12.2 Å².